The number of carboxylic acids is 1. The molecule has 0 fully saturated rings. The van der Waals surface area contributed by atoms with Gasteiger partial charge in [-0.1, -0.05) is 0 Å². The second-order valence-corrected chi connectivity index (χ2v) is 4.56. The van der Waals surface area contributed by atoms with E-state index < -0.39 is 11.9 Å². The molecule has 7 heteroatoms. The monoisotopic (exact) mass is 339 g/mol. The summed E-state index contributed by atoms with van der Waals surface area (Å²) in [5, 5.41) is 11.5. The molecule has 2 N–H and O–H groups in total. The van der Waals surface area contributed by atoms with Gasteiger partial charge in [-0.3, -0.25) is 4.79 Å². The number of rotatable bonds is 4. The van der Waals surface area contributed by atoms with Crippen molar-refractivity contribution in [3.63, 3.8) is 0 Å². The maximum atomic E-state index is 11.9. The van der Waals surface area contributed by atoms with Crippen molar-refractivity contribution in [2.75, 3.05) is 12.4 Å². The molecular weight excluding hydrogens is 330 g/mol. The van der Waals surface area contributed by atoms with Gasteiger partial charge in [0.1, 0.15) is 5.75 Å². The molecule has 2 rings (SSSR count). The molecule has 2 aromatic rings. The van der Waals surface area contributed by atoms with E-state index in [0.29, 0.717) is 10.4 Å². The van der Waals surface area contributed by atoms with Crippen molar-refractivity contribution in [2.24, 2.45) is 0 Å². The third kappa shape index (κ3) is 3.00. The third-order valence-corrected chi connectivity index (χ3v) is 2.92. The van der Waals surface area contributed by atoms with Gasteiger partial charge in [0, 0.05) is 0 Å². The summed E-state index contributed by atoms with van der Waals surface area (Å²) in [5.74, 6) is -1.14. The molecule has 1 heterocycles. The molecule has 0 atom stereocenters. The Kier molecular flexibility index (Phi) is 4.09. The minimum Gasteiger partial charge on any atom is -0.495 e. The third-order valence-electron chi connectivity index (χ3n) is 2.49. The van der Waals surface area contributed by atoms with Crippen molar-refractivity contribution in [3.05, 3.63) is 46.3 Å². The number of carbonyl (C=O) groups excluding carboxylic acids is 1. The van der Waals surface area contributed by atoms with Crippen LogP contribution >= 0.6 is 15.9 Å². The van der Waals surface area contributed by atoms with E-state index in [1.165, 1.54) is 31.4 Å². The van der Waals surface area contributed by atoms with Crippen molar-refractivity contribution in [3.8, 4) is 5.75 Å². The number of ether oxygens (including phenoxy) is 1. The zero-order chi connectivity index (χ0) is 14.7. The lowest BCUT2D eigenvalue weighted by Gasteiger charge is -2.10. The Morgan fingerprint density at radius 1 is 1.30 bits per heavy atom. The van der Waals surface area contributed by atoms with E-state index in [0.717, 1.165) is 0 Å². The van der Waals surface area contributed by atoms with E-state index in [9.17, 15) is 9.59 Å². The topological polar surface area (TPSA) is 88.8 Å². The van der Waals surface area contributed by atoms with Crippen molar-refractivity contribution in [1.29, 1.82) is 0 Å². The Labute approximate surface area is 122 Å². The van der Waals surface area contributed by atoms with Gasteiger partial charge in [0.05, 0.1) is 18.4 Å². The summed E-state index contributed by atoms with van der Waals surface area (Å²) in [4.78, 5) is 22.9. The van der Waals surface area contributed by atoms with E-state index in [-0.39, 0.29) is 17.0 Å². The largest absolute Gasteiger partial charge is 0.495 e. The summed E-state index contributed by atoms with van der Waals surface area (Å²) in [5.41, 5.74) is 0.298. The Balaban J connectivity index is 2.29. The quantitative estimate of drug-likeness (QED) is 0.893. The lowest BCUT2D eigenvalue weighted by Crippen LogP contribution is -2.12. The van der Waals surface area contributed by atoms with Crippen LogP contribution in [0.3, 0.4) is 0 Å². The van der Waals surface area contributed by atoms with E-state index in [1.54, 1.807) is 6.07 Å². The van der Waals surface area contributed by atoms with Gasteiger partial charge < -0.3 is 19.6 Å². The maximum absolute atomic E-state index is 11.9. The summed E-state index contributed by atoms with van der Waals surface area (Å²) in [6, 6.07) is 7.25. The fraction of sp³-hybridized carbons (Fsp3) is 0.0769. The van der Waals surface area contributed by atoms with E-state index in [1.807, 2.05) is 0 Å². The molecule has 0 unspecified atom stereocenters. The number of furan rings is 1. The van der Waals surface area contributed by atoms with Gasteiger partial charge >= 0.3 is 5.97 Å². The standard InChI is InChI=1S/C13H10BrNO5/c1-19-9-3-2-7(13(17)18)6-8(9)15-12(16)10-4-5-11(14)20-10/h2-6H,1H3,(H,15,16)(H,17,18). The van der Waals surface area contributed by atoms with Crippen LogP contribution in [0.15, 0.2) is 39.4 Å². The number of halogens is 1. The zero-order valence-electron chi connectivity index (χ0n) is 10.3. The van der Waals surface area contributed by atoms with Gasteiger partial charge in [0.15, 0.2) is 10.4 Å². The Hall–Kier alpha value is -2.28. The van der Waals surface area contributed by atoms with Gasteiger partial charge in [-0.2, -0.15) is 0 Å². The van der Waals surface area contributed by atoms with Crippen LogP contribution in [0.5, 0.6) is 5.75 Å². The SMILES string of the molecule is COc1ccc(C(=O)O)cc1NC(=O)c1ccc(Br)o1. The van der Waals surface area contributed by atoms with Gasteiger partial charge in [-0.05, 0) is 46.3 Å². The molecule has 1 aromatic carbocycles. The Bertz CT molecular complexity index is 665. The van der Waals surface area contributed by atoms with Crippen molar-refractivity contribution < 1.29 is 23.8 Å². The first-order chi connectivity index (χ1) is 9.51. The molecule has 1 aromatic heterocycles. The van der Waals surface area contributed by atoms with E-state index in [2.05, 4.69) is 21.2 Å². The number of hydrogen-bond donors (Lipinski definition) is 2. The van der Waals surface area contributed by atoms with Crippen LogP contribution in [0.2, 0.25) is 0 Å². The molecule has 0 aliphatic carbocycles. The molecule has 104 valence electrons. The van der Waals surface area contributed by atoms with Crippen LogP contribution in [-0.2, 0) is 0 Å². The molecule has 20 heavy (non-hydrogen) atoms. The van der Waals surface area contributed by atoms with Crippen molar-refractivity contribution in [1.82, 2.24) is 0 Å². The predicted molar refractivity (Wildman–Crippen MR) is 74.3 cm³/mol. The average Bonchev–Trinajstić information content (AvgIpc) is 2.85. The Morgan fingerprint density at radius 3 is 2.60 bits per heavy atom. The van der Waals surface area contributed by atoms with Crippen LogP contribution in [0.4, 0.5) is 5.69 Å². The summed E-state index contributed by atoms with van der Waals surface area (Å²) in [6.07, 6.45) is 0. The number of carbonyl (C=O) groups is 2. The second kappa shape index (κ2) is 5.79. The number of methoxy groups -OCH3 is 1. The van der Waals surface area contributed by atoms with Crippen LogP contribution in [0.1, 0.15) is 20.9 Å². The van der Waals surface area contributed by atoms with E-state index >= 15 is 0 Å². The zero-order valence-corrected chi connectivity index (χ0v) is 11.9. The number of carboxylic acid groups (broad SMARTS) is 1. The van der Waals surface area contributed by atoms with Crippen LogP contribution in [0.25, 0.3) is 0 Å². The summed E-state index contributed by atoms with van der Waals surface area (Å²) in [6.45, 7) is 0. The first kappa shape index (κ1) is 14.1. The molecule has 0 aliphatic heterocycles. The molecule has 1 amide bonds. The first-order valence-electron chi connectivity index (χ1n) is 5.49. The number of benzene rings is 1. The van der Waals surface area contributed by atoms with Gasteiger partial charge in [-0.15, -0.1) is 0 Å². The highest BCUT2D eigenvalue weighted by molar-refractivity contribution is 9.10. The summed E-state index contributed by atoms with van der Waals surface area (Å²) in [7, 11) is 1.43. The normalized spacial score (nSPS) is 10.1. The fourth-order valence-corrected chi connectivity index (χ4v) is 1.87. The lowest BCUT2D eigenvalue weighted by atomic mass is 10.2. The van der Waals surface area contributed by atoms with Crippen molar-refractivity contribution in [2.45, 2.75) is 0 Å². The average molecular weight is 340 g/mol. The highest BCUT2D eigenvalue weighted by Crippen LogP contribution is 2.26. The van der Waals surface area contributed by atoms with Crippen LogP contribution in [-0.4, -0.2) is 24.1 Å². The number of anilines is 1. The lowest BCUT2D eigenvalue weighted by molar-refractivity contribution is 0.0696. The van der Waals surface area contributed by atoms with E-state index in [4.69, 9.17) is 14.3 Å². The molecule has 0 saturated heterocycles. The molecule has 0 spiro atoms. The minimum atomic E-state index is -1.09. The smallest absolute Gasteiger partial charge is 0.335 e. The van der Waals surface area contributed by atoms with Gasteiger partial charge in [-0.25, -0.2) is 4.79 Å². The molecule has 6 nitrogen and oxygen atoms in total. The highest BCUT2D eigenvalue weighted by atomic mass is 79.9. The summed E-state index contributed by atoms with van der Waals surface area (Å²) >= 11 is 3.10. The first-order valence-corrected chi connectivity index (χ1v) is 6.28. The molecule has 0 radical (unpaired) electrons. The molecule has 0 aliphatic rings. The number of aromatic carboxylic acids is 1. The highest BCUT2D eigenvalue weighted by Gasteiger charge is 2.15. The predicted octanol–water partition coefficient (Wildman–Crippen LogP) is 3.00. The van der Waals surface area contributed by atoms with Gasteiger partial charge in [0.25, 0.3) is 5.91 Å². The number of amides is 1. The number of nitrogens with one attached hydrogen (secondary N) is 1. The molecule has 0 bridgehead atoms. The fourth-order valence-electron chi connectivity index (χ4n) is 1.56. The summed E-state index contributed by atoms with van der Waals surface area (Å²) < 4.78 is 10.6. The molecular formula is C13H10BrNO5. The van der Waals surface area contributed by atoms with Crippen molar-refractivity contribution >= 4 is 33.5 Å². The number of hydrogen-bond acceptors (Lipinski definition) is 4. The minimum absolute atomic E-state index is 0.0433. The Morgan fingerprint density at radius 2 is 2.05 bits per heavy atom. The van der Waals surface area contributed by atoms with Gasteiger partial charge in [0.2, 0.25) is 0 Å². The second-order valence-electron chi connectivity index (χ2n) is 3.78. The maximum Gasteiger partial charge on any atom is 0.335 e. The molecule has 0 saturated carbocycles. The van der Waals surface area contributed by atoms with Crippen LogP contribution in [0, 0.1) is 0 Å². The van der Waals surface area contributed by atoms with Crippen LogP contribution < -0.4 is 10.1 Å².